The summed E-state index contributed by atoms with van der Waals surface area (Å²) in [5, 5.41) is 10.2. The maximum absolute atomic E-state index is 13.7. The van der Waals surface area contributed by atoms with Gasteiger partial charge in [-0.05, 0) is 60.3 Å². The van der Waals surface area contributed by atoms with E-state index in [1.54, 1.807) is 17.2 Å². The molecule has 0 radical (unpaired) electrons. The van der Waals surface area contributed by atoms with Gasteiger partial charge in [-0.3, -0.25) is 0 Å². The van der Waals surface area contributed by atoms with Gasteiger partial charge in [-0.15, -0.1) is 11.8 Å². The summed E-state index contributed by atoms with van der Waals surface area (Å²) in [4.78, 5) is 0.889. The number of rotatable bonds is 5. The van der Waals surface area contributed by atoms with E-state index in [1.165, 1.54) is 17.7 Å². The number of halogens is 2. The molecule has 2 aromatic rings. The van der Waals surface area contributed by atoms with Gasteiger partial charge in [0.15, 0.2) is 0 Å². The first kappa shape index (κ1) is 18.4. The van der Waals surface area contributed by atoms with Gasteiger partial charge in [-0.25, -0.2) is 8.78 Å². The molecule has 0 unspecified atom stereocenters. The van der Waals surface area contributed by atoms with Crippen molar-refractivity contribution in [3.63, 3.8) is 0 Å². The highest BCUT2D eigenvalue weighted by Crippen LogP contribution is 2.25. The van der Waals surface area contributed by atoms with Gasteiger partial charge >= 0.3 is 0 Å². The zero-order chi connectivity index (χ0) is 17.4. The quantitative estimate of drug-likeness (QED) is 0.290. The highest BCUT2D eigenvalue weighted by Gasteiger charge is 2.10. The summed E-state index contributed by atoms with van der Waals surface area (Å²) in [7, 11) is 0. The Morgan fingerprint density at radius 2 is 1.62 bits per heavy atom. The van der Waals surface area contributed by atoms with Crippen LogP contribution in [-0.4, -0.2) is 5.75 Å². The summed E-state index contributed by atoms with van der Waals surface area (Å²) >= 11 is 2.27. The summed E-state index contributed by atoms with van der Waals surface area (Å²) in [5.41, 5.74) is 1.03. The number of nitriles is 1. The van der Waals surface area contributed by atoms with Crippen LogP contribution in [0.4, 0.5) is 8.78 Å². The van der Waals surface area contributed by atoms with E-state index in [0.717, 1.165) is 23.4 Å². The zero-order valence-corrected chi connectivity index (χ0v) is 14.7. The molecule has 0 saturated heterocycles. The fourth-order valence-electron chi connectivity index (χ4n) is 1.89. The van der Waals surface area contributed by atoms with Crippen LogP contribution in [0.3, 0.4) is 0 Å². The average molecular weight is 359 g/mol. The van der Waals surface area contributed by atoms with E-state index in [4.69, 9.17) is 5.26 Å². The lowest BCUT2D eigenvalue weighted by molar-refractivity contribution is 0.540. The van der Waals surface area contributed by atoms with Gasteiger partial charge in [-0.1, -0.05) is 25.2 Å². The Kier molecular flexibility index (Phi) is 7.18. The molecule has 0 atom stereocenters. The molecule has 0 bridgehead atoms. The number of thioether (sulfide) groups is 2. The Hall–Kier alpha value is -1.95. The molecule has 0 amide bonds. The van der Waals surface area contributed by atoms with Crippen molar-refractivity contribution in [1.82, 2.24) is 0 Å². The predicted molar refractivity (Wildman–Crippen MR) is 95.9 cm³/mol. The minimum atomic E-state index is -0.770. The average Bonchev–Trinajstić information content (AvgIpc) is 2.58. The van der Waals surface area contributed by atoms with Gasteiger partial charge in [0.2, 0.25) is 0 Å². The molecule has 0 aliphatic rings. The Morgan fingerprint density at radius 1 is 1.00 bits per heavy atom. The molecular formula is C19H15F2NS2. The van der Waals surface area contributed by atoms with Gasteiger partial charge in [0, 0.05) is 16.0 Å². The summed E-state index contributed by atoms with van der Waals surface area (Å²) in [6.07, 6.45) is 2.36. The Morgan fingerprint density at radius 3 is 2.21 bits per heavy atom. The van der Waals surface area contributed by atoms with E-state index in [9.17, 15) is 8.78 Å². The van der Waals surface area contributed by atoms with Crippen LogP contribution in [0.2, 0.25) is 0 Å². The standard InChI is InChI=1S/C19H15F2NS2/c1-2-3-10-23-16-8-6-14(7-9-16)4-5-15-11-17(20)19(24-13-22)18(21)12-15/h6-9,11-12H,2-3,10H2,1H3. The Labute approximate surface area is 149 Å². The van der Waals surface area contributed by atoms with Crippen LogP contribution < -0.4 is 0 Å². The molecule has 0 saturated carbocycles. The Balaban J connectivity index is 2.11. The minimum Gasteiger partial charge on any atom is -0.206 e. The van der Waals surface area contributed by atoms with Crippen LogP contribution in [0.5, 0.6) is 0 Å². The van der Waals surface area contributed by atoms with Gasteiger partial charge in [0.1, 0.15) is 17.0 Å². The highest BCUT2D eigenvalue weighted by atomic mass is 32.2. The van der Waals surface area contributed by atoms with E-state index in [1.807, 2.05) is 24.3 Å². The molecule has 2 aromatic carbocycles. The second-order valence-corrected chi connectivity index (χ2v) is 6.90. The molecule has 0 spiro atoms. The van der Waals surface area contributed by atoms with Crippen LogP contribution in [-0.2, 0) is 0 Å². The number of hydrogen-bond acceptors (Lipinski definition) is 3. The fraction of sp³-hybridized carbons (Fsp3) is 0.211. The summed E-state index contributed by atoms with van der Waals surface area (Å²) in [5.74, 6) is 5.20. The van der Waals surface area contributed by atoms with Gasteiger partial charge in [-0.2, -0.15) is 5.26 Å². The molecule has 0 aromatic heterocycles. The third-order valence-electron chi connectivity index (χ3n) is 3.12. The molecule has 0 N–H and O–H groups in total. The fourth-order valence-corrected chi connectivity index (χ4v) is 3.29. The van der Waals surface area contributed by atoms with E-state index >= 15 is 0 Å². The first-order valence-electron chi connectivity index (χ1n) is 7.44. The van der Waals surface area contributed by atoms with Gasteiger partial charge in [0.25, 0.3) is 0 Å². The molecule has 0 aliphatic carbocycles. The molecule has 122 valence electrons. The molecule has 5 heteroatoms. The number of nitrogens with zero attached hydrogens (tertiary/aromatic N) is 1. The van der Waals surface area contributed by atoms with Crippen molar-refractivity contribution in [3.05, 3.63) is 59.2 Å². The van der Waals surface area contributed by atoms with Crippen molar-refractivity contribution in [1.29, 1.82) is 5.26 Å². The van der Waals surface area contributed by atoms with Crippen LogP contribution >= 0.6 is 23.5 Å². The van der Waals surface area contributed by atoms with Crippen molar-refractivity contribution in [2.24, 2.45) is 0 Å². The van der Waals surface area contributed by atoms with Crippen molar-refractivity contribution < 1.29 is 8.78 Å². The van der Waals surface area contributed by atoms with E-state index in [-0.39, 0.29) is 10.5 Å². The lowest BCUT2D eigenvalue weighted by atomic mass is 10.2. The lowest BCUT2D eigenvalue weighted by Crippen LogP contribution is -1.89. The summed E-state index contributed by atoms with van der Waals surface area (Å²) < 4.78 is 27.5. The van der Waals surface area contributed by atoms with Crippen LogP contribution in [0, 0.1) is 34.1 Å². The molecule has 0 heterocycles. The van der Waals surface area contributed by atoms with Crippen molar-refractivity contribution in [3.8, 4) is 17.2 Å². The predicted octanol–water partition coefficient (Wildman–Crippen LogP) is 5.83. The summed E-state index contributed by atoms with van der Waals surface area (Å²) in [6.45, 7) is 2.16. The van der Waals surface area contributed by atoms with Gasteiger partial charge in [0.05, 0.1) is 4.90 Å². The van der Waals surface area contributed by atoms with Crippen LogP contribution in [0.25, 0.3) is 0 Å². The third-order valence-corrected chi connectivity index (χ3v) is 4.90. The smallest absolute Gasteiger partial charge is 0.142 e. The monoisotopic (exact) mass is 359 g/mol. The second-order valence-electron chi connectivity index (χ2n) is 4.94. The first-order valence-corrected chi connectivity index (χ1v) is 9.24. The highest BCUT2D eigenvalue weighted by molar-refractivity contribution is 8.03. The molecule has 24 heavy (non-hydrogen) atoms. The zero-order valence-electron chi connectivity index (χ0n) is 13.1. The molecular weight excluding hydrogens is 344 g/mol. The number of thiocyanates is 1. The van der Waals surface area contributed by atoms with Crippen molar-refractivity contribution in [2.75, 3.05) is 5.75 Å². The normalized spacial score (nSPS) is 9.92. The van der Waals surface area contributed by atoms with E-state index < -0.39 is 11.6 Å². The molecule has 2 rings (SSSR count). The molecule has 1 nitrogen and oxygen atoms in total. The number of unbranched alkanes of at least 4 members (excludes halogenated alkanes) is 1. The van der Waals surface area contributed by atoms with Gasteiger partial charge < -0.3 is 0 Å². The second kappa shape index (κ2) is 9.37. The number of benzene rings is 2. The topological polar surface area (TPSA) is 23.8 Å². The molecule has 0 aliphatic heterocycles. The third kappa shape index (κ3) is 5.30. The van der Waals surface area contributed by atoms with E-state index in [0.29, 0.717) is 11.8 Å². The van der Waals surface area contributed by atoms with Crippen molar-refractivity contribution in [2.45, 2.75) is 29.6 Å². The lowest BCUT2D eigenvalue weighted by Gasteiger charge is -2.01. The SMILES string of the molecule is CCCCSc1ccc(C#Cc2cc(F)c(SC#N)c(F)c2)cc1. The van der Waals surface area contributed by atoms with E-state index in [2.05, 4.69) is 18.8 Å². The van der Waals surface area contributed by atoms with Crippen LogP contribution in [0.15, 0.2) is 46.2 Å². The van der Waals surface area contributed by atoms with Crippen molar-refractivity contribution >= 4 is 23.5 Å². The Bertz CT molecular complexity index is 776. The first-order chi connectivity index (χ1) is 11.6. The molecule has 0 fully saturated rings. The summed E-state index contributed by atoms with van der Waals surface area (Å²) in [6, 6.07) is 10.1. The largest absolute Gasteiger partial charge is 0.206 e. The minimum absolute atomic E-state index is 0.244. The maximum Gasteiger partial charge on any atom is 0.142 e. The van der Waals surface area contributed by atoms with Crippen LogP contribution in [0.1, 0.15) is 30.9 Å². The maximum atomic E-state index is 13.7. The number of hydrogen-bond donors (Lipinski definition) is 0.